The molecule has 1 amide bonds. The zero-order valence-corrected chi connectivity index (χ0v) is 12.8. The van der Waals surface area contributed by atoms with Crippen molar-refractivity contribution >= 4 is 6.09 Å². The Morgan fingerprint density at radius 3 is 2.57 bits per heavy atom. The van der Waals surface area contributed by atoms with Crippen molar-refractivity contribution < 1.29 is 14.3 Å². The fourth-order valence-corrected chi connectivity index (χ4v) is 3.35. The summed E-state index contributed by atoms with van der Waals surface area (Å²) in [6.07, 6.45) is 0.115. The van der Waals surface area contributed by atoms with Gasteiger partial charge in [0.25, 0.3) is 0 Å². The third-order valence-corrected chi connectivity index (χ3v) is 4.03. The summed E-state index contributed by atoms with van der Waals surface area (Å²) in [5.74, 6) is -0.275. The maximum atomic E-state index is 14.0. The minimum Gasteiger partial charge on any atom is -0.465 e. The molecule has 1 saturated heterocycles. The van der Waals surface area contributed by atoms with E-state index in [0.29, 0.717) is 24.9 Å². The average Bonchev–Trinajstić information content (AvgIpc) is 2.79. The fourth-order valence-electron chi connectivity index (χ4n) is 3.35. The Hall–Kier alpha value is -1.62. The number of benzene rings is 1. The molecule has 1 aromatic rings. The standard InChI is InChI=1S/C16H23FN2O2/c1-15(2,3)19(14(20)21)16(8-9-18-11-16)10-12-6-4-5-7-13(12)17/h4-7,18H,8-11H2,1-3H3,(H,20,21)/t16-/m0/s1. The fraction of sp³-hybridized carbons (Fsp3) is 0.562. The van der Waals surface area contributed by atoms with Gasteiger partial charge in [0.15, 0.2) is 0 Å². The second-order valence-electron chi connectivity index (χ2n) is 6.71. The van der Waals surface area contributed by atoms with Gasteiger partial charge in [-0.1, -0.05) is 18.2 Å². The summed E-state index contributed by atoms with van der Waals surface area (Å²) in [6, 6.07) is 6.60. The third-order valence-electron chi connectivity index (χ3n) is 4.03. The summed E-state index contributed by atoms with van der Waals surface area (Å²) >= 11 is 0. The number of amides is 1. The molecule has 116 valence electrons. The molecule has 0 radical (unpaired) electrons. The largest absolute Gasteiger partial charge is 0.465 e. The minimum atomic E-state index is -0.956. The van der Waals surface area contributed by atoms with Crippen LogP contribution in [-0.4, -0.2) is 40.3 Å². The molecule has 1 fully saturated rings. The van der Waals surface area contributed by atoms with Gasteiger partial charge >= 0.3 is 6.09 Å². The van der Waals surface area contributed by atoms with Crippen LogP contribution in [0.25, 0.3) is 0 Å². The summed E-state index contributed by atoms with van der Waals surface area (Å²) in [5, 5.41) is 12.9. The Morgan fingerprint density at radius 1 is 1.43 bits per heavy atom. The molecule has 2 N–H and O–H groups in total. The Morgan fingerprint density at radius 2 is 2.10 bits per heavy atom. The number of carbonyl (C=O) groups is 1. The van der Waals surface area contributed by atoms with Crippen LogP contribution in [0, 0.1) is 5.82 Å². The number of hydrogen-bond donors (Lipinski definition) is 2. The zero-order chi connectivity index (χ0) is 15.7. The highest BCUT2D eigenvalue weighted by Gasteiger charge is 2.47. The molecule has 1 heterocycles. The van der Waals surface area contributed by atoms with Crippen molar-refractivity contribution in [2.75, 3.05) is 13.1 Å². The normalized spacial score (nSPS) is 22.3. The second kappa shape index (κ2) is 5.64. The molecular formula is C16H23FN2O2. The van der Waals surface area contributed by atoms with Crippen molar-refractivity contribution in [3.05, 3.63) is 35.6 Å². The average molecular weight is 294 g/mol. The summed E-state index contributed by atoms with van der Waals surface area (Å²) < 4.78 is 14.0. The Balaban J connectivity index is 2.41. The van der Waals surface area contributed by atoms with Gasteiger partial charge in [0.1, 0.15) is 5.82 Å². The van der Waals surface area contributed by atoms with Crippen molar-refractivity contribution in [1.29, 1.82) is 0 Å². The first kappa shape index (κ1) is 15.8. The third kappa shape index (κ3) is 3.18. The van der Waals surface area contributed by atoms with Gasteiger partial charge in [0.05, 0.1) is 5.54 Å². The summed E-state index contributed by atoms with van der Waals surface area (Å²) in [5.41, 5.74) is -0.577. The first-order valence-corrected chi connectivity index (χ1v) is 7.24. The van der Waals surface area contributed by atoms with Gasteiger partial charge in [-0.05, 0) is 45.4 Å². The van der Waals surface area contributed by atoms with Crippen LogP contribution >= 0.6 is 0 Å². The van der Waals surface area contributed by atoms with E-state index in [1.807, 2.05) is 20.8 Å². The van der Waals surface area contributed by atoms with Crippen molar-refractivity contribution in [3.63, 3.8) is 0 Å². The Bertz CT molecular complexity index is 519. The Kier molecular flexibility index (Phi) is 4.23. The number of nitrogens with zero attached hydrogens (tertiary/aromatic N) is 1. The summed E-state index contributed by atoms with van der Waals surface area (Å²) in [6.45, 7) is 6.92. The molecule has 0 bridgehead atoms. The number of carboxylic acid groups (broad SMARTS) is 1. The summed E-state index contributed by atoms with van der Waals surface area (Å²) in [7, 11) is 0. The zero-order valence-electron chi connectivity index (χ0n) is 12.8. The SMILES string of the molecule is CC(C)(C)N(C(=O)O)[C@]1(Cc2ccccc2F)CCNC1. The topological polar surface area (TPSA) is 52.6 Å². The van der Waals surface area contributed by atoms with Gasteiger partial charge in [0.2, 0.25) is 0 Å². The monoisotopic (exact) mass is 294 g/mol. The van der Waals surface area contributed by atoms with Crippen molar-refractivity contribution in [2.24, 2.45) is 0 Å². The van der Waals surface area contributed by atoms with Gasteiger partial charge in [-0.3, -0.25) is 4.90 Å². The van der Waals surface area contributed by atoms with Gasteiger partial charge in [-0.2, -0.15) is 0 Å². The van der Waals surface area contributed by atoms with E-state index in [2.05, 4.69) is 5.32 Å². The van der Waals surface area contributed by atoms with Crippen LogP contribution in [0.4, 0.5) is 9.18 Å². The predicted octanol–water partition coefficient (Wildman–Crippen LogP) is 2.88. The van der Waals surface area contributed by atoms with Crippen LogP contribution in [0.1, 0.15) is 32.8 Å². The van der Waals surface area contributed by atoms with E-state index < -0.39 is 17.2 Å². The maximum Gasteiger partial charge on any atom is 0.408 e. The molecule has 1 atom stereocenters. The van der Waals surface area contributed by atoms with E-state index in [4.69, 9.17) is 0 Å². The minimum absolute atomic E-state index is 0.275. The molecule has 0 saturated carbocycles. The van der Waals surface area contributed by atoms with E-state index in [1.165, 1.54) is 11.0 Å². The lowest BCUT2D eigenvalue weighted by atomic mass is 9.84. The van der Waals surface area contributed by atoms with Crippen LogP contribution in [0.3, 0.4) is 0 Å². The molecule has 0 aromatic heterocycles. The lowest BCUT2D eigenvalue weighted by Crippen LogP contribution is -2.61. The first-order chi connectivity index (χ1) is 9.76. The molecule has 0 unspecified atom stereocenters. The highest BCUT2D eigenvalue weighted by atomic mass is 19.1. The highest BCUT2D eigenvalue weighted by molar-refractivity contribution is 5.67. The van der Waals surface area contributed by atoms with Crippen molar-refractivity contribution in [1.82, 2.24) is 10.2 Å². The molecule has 4 nitrogen and oxygen atoms in total. The van der Waals surface area contributed by atoms with E-state index in [-0.39, 0.29) is 5.82 Å². The van der Waals surface area contributed by atoms with Crippen molar-refractivity contribution in [2.45, 2.75) is 44.7 Å². The molecule has 1 aliphatic rings. The molecule has 1 aromatic carbocycles. The number of rotatable bonds is 3. The van der Waals surface area contributed by atoms with E-state index in [0.717, 1.165) is 6.54 Å². The van der Waals surface area contributed by atoms with E-state index in [9.17, 15) is 14.3 Å². The van der Waals surface area contributed by atoms with Gasteiger partial charge in [0, 0.05) is 18.5 Å². The van der Waals surface area contributed by atoms with E-state index >= 15 is 0 Å². The number of nitrogens with one attached hydrogen (secondary N) is 1. The summed E-state index contributed by atoms with van der Waals surface area (Å²) in [4.78, 5) is 13.3. The first-order valence-electron chi connectivity index (χ1n) is 7.24. The lowest BCUT2D eigenvalue weighted by molar-refractivity contribution is 0.0243. The molecule has 1 aliphatic heterocycles. The van der Waals surface area contributed by atoms with E-state index in [1.54, 1.807) is 18.2 Å². The lowest BCUT2D eigenvalue weighted by Gasteiger charge is -2.47. The van der Waals surface area contributed by atoms with Gasteiger partial charge in [-0.25, -0.2) is 9.18 Å². The number of hydrogen-bond acceptors (Lipinski definition) is 2. The molecular weight excluding hydrogens is 271 g/mol. The van der Waals surface area contributed by atoms with Gasteiger partial charge in [-0.15, -0.1) is 0 Å². The quantitative estimate of drug-likeness (QED) is 0.901. The van der Waals surface area contributed by atoms with Crippen LogP contribution in [-0.2, 0) is 6.42 Å². The van der Waals surface area contributed by atoms with Crippen LogP contribution in [0.15, 0.2) is 24.3 Å². The van der Waals surface area contributed by atoms with Crippen molar-refractivity contribution in [3.8, 4) is 0 Å². The van der Waals surface area contributed by atoms with Crippen LogP contribution in [0.2, 0.25) is 0 Å². The molecule has 2 rings (SSSR count). The van der Waals surface area contributed by atoms with Crippen LogP contribution in [0.5, 0.6) is 0 Å². The number of halogens is 1. The highest BCUT2D eigenvalue weighted by Crippen LogP contribution is 2.34. The maximum absolute atomic E-state index is 14.0. The Labute approximate surface area is 125 Å². The predicted molar refractivity (Wildman–Crippen MR) is 79.9 cm³/mol. The van der Waals surface area contributed by atoms with Crippen LogP contribution < -0.4 is 5.32 Å². The molecule has 0 spiro atoms. The second-order valence-corrected chi connectivity index (χ2v) is 6.71. The molecule has 0 aliphatic carbocycles. The molecule has 5 heteroatoms. The van der Waals surface area contributed by atoms with Gasteiger partial charge < -0.3 is 10.4 Å². The molecule has 21 heavy (non-hydrogen) atoms. The smallest absolute Gasteiger partial charge is 0.408 e.